The van der Waals surface area contributed by atoms with Crippen molar-refractivity contribution in [2.24, 2.45) is 5.92 Å². The molecular weight excluding hydrogens is 236 g/mol. The summed E-state index contributed by atoms with van der Waals surface area (Å²) in [6, 6.07) is 7.71. The zero-order valence-corrected chi connectivity index (χ0v) is 11.4. The highest BCUT2D eigenvalue weighted by Crippen LogP contribution is 2.29. The molecule has 0 atom stereocenters. The van der Waals surface area contributed by atoms with E-state index in [1.807, 2.05) is 24.3 Å². The summed E-state index contributed by atoms with van der Waals surface area (Å²) in [5.74, 6) is 1.81. The first kappa shape index (κ1) is 12.7. The van der Waals surface area contributed by atoms with Crippen LogP contribution in [0.1, 0.15) is 61.7 Å². The van der Waals surface area contributed by atoms with Gasteiger partial charge < -0.3 is 4.74 Å². The second-order valence-corrected chi connectivity index (χ2v) is 5.97. The van der Waals surface area contributed by atoms with Gasteiger partial charge in [0.05, 0.1) is 6.10 Å². The van der Waals surface area contributed by atoms with E-state index in [-0.39, 0.29) is 0 Å². The third kappa shape index (κ3) is 3.59. The number of carbonyl (C=O) groups is 1. The number of ketones is 1. The maximum absolute atomic E-state index is 12.2. The average molecular weight is 258 g/mol. The minimum Gasteiger partial charge on any atom is -0.490 e. The van der Waals surface area contributed by atoms with Crippen LogP contribution in [0.3, 0.4) is 0 Å². The highest BCUT2D eigenvalue weighted by molar-refractivity contribution is 5.96. The lowest BCUT2D eigenvalue weighted by molar-refractivity contribution is 0.0950. The number of Topliss-reactive ketones (excluding diaryl/α,β-unsaturated/α-hetero) is 1. The van der Waals surface area contributed by atoms with Gasteiger partial charge in [0.15, 0.2) is 5.78 Å². The molecule has 2 saturated carbocycles. The third-order valence-corrected chi connectivity index (χ3v) is 4.20. The van der Waals surface area contributed by atoms with E-state index in [1.165, 1.54) is 44.9 Å². The van der Waals surface area contributed by atoms with Crippen LogP contribution in [0.2, 0.25) is 0 Å². The van der Waals surface area contributed by atoms with Crippen LogP contribution >= 0.6 is 0 Å². The molecule has 19 heavy (non-hydrogen) atoms. The van der Waals surface area contributed by atoms with Gasteiger partial charge in [-0.25, -0.2) is 0 Å². The van der Waals surface area contributed by atoms with Gasteiger partial charge in [0.25, 0.3) is 0 Å². The van der Waals surface area contributed by atoms with Gasteiger partial charge in [-0.15, -0.1) is 0 Å². The largest absolute Gasteiger partial charge is 0.490 e. The summed E-state index contributed by atoms with van der Waals surface area (Å²) < 4.78 is 5.70. The Kier molecular flexibility index (Phi) is 3.86. The summed E-state index contributed by atoms with van der Waals surface area (Å²) in [5, 5.41) is 0. The smallest absolute Gasteiger partial charge is 0.163 e. The van der Waals surface area contributed by atoms with Gasteiger partial charge in [0.2, 0.25) is 0 Å². The maximum atomic E-state index is 12.2. The van der Waals surface area contributed by atoms with Crippen LogP contribution in [-0.2, 0) is 0 Å². The average Bonchev–Trinajstić information content (AvgIpc) is 3.25. The van der Waals surface area contributed by atoms with E-state index >= 15 is 0 Å². The summed E-state index contributed by atoms with van der Waals surface area (Å²) in [5.41, 5.74) is 0.841. The molecule has 2 nitrogen and oxygen atoms in total. The Labute approximate surface area is 115 Å². The van der Waals surface area contributed by atoms with Gasteiger partial charge in [-0.2, -0.15) is 0 Å². The molecule has 0 amide bonds. The number of benzene rings is 1. The summed E-state index contributed by atoms with van der Waals surface area (Å²) >= 11 is 0. The Morgan fingerprint density at radius 2 is 1.68 bits per heavy atom. The van der Waals surface area contributed by atoms with Gasteiger partial charge >= 0.3 is 0 Å². The van der Waals surface area contributed by atoms with Crippen molar-refractivity contribution in [3.05, 3.63) is 29.8 Å². The minimum atomic E-state index is 0.296. The molecule has 2 heteroatoms. The first-order chi connectivity index (χ1) is 9.31. The standard InChI is InChI=1S/C17H22O2/c18-17(12-13-4-2-1-3-5-13)14-6-8-15(9-7-14)19-16-10-11-16/h6-9,13,16H,1-5,10-12H2. The lowest BCUT2D eigenvalue weighted by atomic mass is 9.85. The van der Waals surface area contributed by atoms with Crippen LogP contribution < -0.4 is 4.74 Å². The van der Waals surface area contributed by atoms with E-state index in [0.29, 0.717) is 17.8 Å². The zero-order chi connectivity index (χ0) is 13.1. The van der Waals surface area contributed by atoms with Crippen LogP contribution in [0.15, 0.2) is 24.3 Å². The van der Waals surface area contributed by atoms with Crippen LogP contribution in [0, 0.1) is 5.92 Å². The molecule has 1 aromatic carbocycles. The van der Waals surface area contributed by atoms with Crippen molar-refractivity contribution in [1.29, 1.82) is 0 Å². The minimum absolute atomic E-state index is 0.296. The Morgan fingerprint density at radius 3 is 2.32 bits per heavy atom. The van der Waals surface area contributed by atoms with Gasteiger partial charge in [-0.3, -0.25) is 4.79 Å². The lowest BCUT2D eigenvalue weighted by Crippen LogP contribution is -2.12. The Balaban J connectivity index is 1.55. The Hall–Kier alpha value is -1.31. The van der Waals surface area contributed by atoms with E-state index in [2.05, 4.69) is 0 Å². The third-order valence-electron chi connectivity index (χ3n) is 4.20. The molecule has 0 bridgehead atoms. The molecule has 0 heterocycles. The molecule has 2 aliphatic rings. The maximum Gasteiger partial charge on any atom is 0.163 e. The number of ether oxygens (including phenoxy) is 1. The second-order valence-electron chi connectivity index (χ2n) is 5.97. The predicted molar refractivity (Wildman–Crippen MR) is 75.6 cm³/mol. The molecular formula is C17H22O2. The molecule has 0 saturated heterocycles. The molecule has 3 rings (SSSR count). The Bertz CT molecular complexity index is 425. The van der Waals surface area contributed by atoms with Crippen molar-refractivity contribution in [2.45, 2.75) is 57.5 Å². The molecule has 1 aromatic rings. The summed E-state index contributed by atoms with van der Waals surface area (Å²) in [6.07, 6.45) is 9.89. The van der Waals surface area contributed by atoms with E-state index in [9.17, 15) is 4.79 Å². The molecule has 102 valence electrons. The van der Waals surface area contributed by atoms with Gasteiger partial charge in [-0.05, 0) is 43.0 Å². The van der Waals surface area contributed by atoms with E-state index in [1.54, 1.807) is 0 Å². The molecule has 2 aliphatic carbocycles. The van der Waals surface area contributed by atoms with Crippen molar-refractivity contribution in [3.8, 4) is 5.75 Å². The number of hydrogen-bond acceptors (Lipinski definition) is 2. The van der Waals surface area contributed by atoms with Crippen LogP contribution in [-0.4, -0.2) is 11.9 Å². The summed E-state index contributed by atoms with van der Waals surface area (Å²) in [7, 11) is 0. The Morgan fingerprint density at radius 1 is 1.00 bits per heavy atom. The quantitative estimate of drug-likeness (QED) is 0.732. The molecule has 0 N–H and O–H groups in total. The topological polar surface area (TPSA) is 26.3 Å². The van der Waals surface area contributed by atoms with Crippen molar-refractivity contribution in [1.82, 2.24) is 0 Å². The van der Waals surface area contributed by atoms with Gasteiger partial charge in [-0.1, -0.05) is 32.1 Å². The fourth-order valence-electron chi connectivity index (χ4n) is 2.87. The van der Waals surface area contributed by atoms with Crippen LogP contribution in [0.5, 0.6) is 5.75 Å². The molecule has 0 unspecified atom stereocenters. The zero-order valence-electron chi connectivity index (χ0n) is 11.4. The lowest BCUT2D eigenvalue weighted by Gasteiger charge is -2.20. The molecule has 0 aromatic heterocycles. The van der Waals surface area contributed by atoms with Crippen molar-refractivity contribution >= 4 is 5.78 Å². The normalized spacial score (nSPS) is 20.2. The predicted octanol–water partition coefficient (Wildman–Crippen LogP) is 4.38. The molecule has 2 fully saturated rings. The highest BCUT2D eigenvalue weighted by Gasteiger charge is 2.23. The van der Waals surface area contributed by atoms with Crippen molar-refractivity contribution in [3.63, 3.8) is 0 Å². The van der Waals surface area contributed by atoms with E-state index in [0.717, 1.165) is 17.7 Å². The van der Waals surface area contributed by atoms with Crippen LogP contribution in [0.25, 0.3) is 0 Å². The number of rotatable bonds is 5. The molecule has 0 radical (unpaired) electrons. The second kappa shape index (κ2) is 5.77. The van der Waals surface area contributed by atoms with Gasteiger partial charge in [0, 0.05) is 12.0 Å². The SMILES string of the molecule is O=C(CC1CCCCC1)c1ccc(OC2CC2)cc1. The fourth-order valence-corrected chi connectivity index (χ4v) is 2.87. The van der Waals surface area contributed by atoms with Gasteiger partial charge in [0.1, 0.15) is 5.75 Å². The monoisotopic (exact) mass is 258 g/mol. The molecule has 0 spiro atoms. The summed E-state index contributed by atoms with van der Waals surface area (Å²) in [4.78, 5) is 12.2. The number of hydrogen-bond donors (Lipinski definition) is 0. The number of carbonyl (C=O) groups excluding carboxylic acids is 1. The van der Waals surface area contributed by atoms with Crippen molar-refractivity contribution < 1.29 is 9.53 Å². The van der Waals surface area contributed by atoms with Crippen molar-refractivity contribution in [2.75, 3.05) is 0 Å². The highest BCUT2D eigenvalue weighted by atomic mass is 16.5. The van der Waals surface area contributed by atoms with E-state index < -0.39 is 0 Å². The first-order valence-electron chi connectivity index (χ1n) is 7.61. The summed E-state index contributed by atoms with van der Waals surface area (Å²) in [6.45, 7) is 0. The fraction of sp³-hybridized carbons (Fsp3) is 0.588. The van der Waals surface area contributed by atoms with E-state index in [4.69, 9.17) is 4.74 Å². The first-order valence-corrected chi connectivity index (χ1v) is 7.61. The molecule has 0 aliphatic heterocycles. The van der Waals surface area contributed by atoms with Crippen LogP contribution in [0.4, 0.5) is 0 Å².